The van der Waals surface area contributed by atoms with Gasteiger partial charge in [0.2, 0.25) is 0 Å². The van der Waals surface area contributed by atoms with Gasteiger partial charge in [0.15, 0.2) is 5.82 Å². The van der Waals surface area contributed by atoms with Crippen LogP contribution in [-0.4, -0.2) is 22.7 Å². The topological polar surface area (TPSA) is 75.4 Å². The fraction of sp³-hybridized carbons (Fsp3) is 0.333. The number of anilines is 1. The summed E-state index contributed by atoms with van der Waals surface area (Å²) in [6.45, 7) is 1.53. The van der Waals surface area contributed by atoms with Crippen LogP contribution in [0.3, 0.4) is 0 Å². The number of benzene rings is 1. The van der Waals surface area contributed by atoms with E-state index in [-0.39, 0.29) is 24.0 Å². The van der Waals surface area contributed by atoms with Crippen molar-refractivity contribution in [2.75, 3.05) is 11.9 Å². The van der Waals surface area contributed by atoms with Gasteiger partial charge in [-0.3, -0.25) is 10.1 Å². The minimum Gasteiger partial charge on any atom is -0.394 e. The van der Waals surface area contributed by atoms with E-state index in [0.29, 0.717) is 0 Å². The first-order valence-corrected chi connectivity index (χ1v) is 4.36. The average Bonchev–Trinajstić information content (AvgIpc) is 2.20. The van der Waals surface area contributed by atoms with Gasteiger partial charge in [-0.1, -0.05) is 0 Å². The highest BCUT2D eigenvalue weighted by atomic mass is 19.1. The van der Waals surface area contributed by atoms with Crippen molar-refractivity contribution in [2.45, 2.75) is 13.0 Å². The van der Waals surface area contributed by atoms with E-state index in [1.54, 1.807) is 6.92 Å². The summed E-state index contributed by atoms with van der Waals surface area (Å²) < 4.78 is 13.3. The Hall–Kier alpha value is -1.69. The van der Waals surface area contributed by atoms with Gasteiger partial charge in [0.1, 0.15) is 0 Å². The van der Waals surface area contributed by atoms with Crippen LogP contribution in [0.25, 0.3) is 0 Å². The smallest absolute Gasteiger partial charge is 0.272 e. The van der Waals surface area contributed by atoms with E-state index >= 15 is 0 Å². The average molecular weight is 214 g/mol. The molecule has 0 heterocycles. The Labute approximate surface area is 85.7 Å². The van der Waals surface area contributed by atoms with Crippen molar-refractivity contribution in [3.05, 3.63) is 34.1 Å². The Morgan fingerprint density at radius 2 is 2.33 bits per heavy atom. The first kappa shape index (κ1) is 11.4. The zero-order chi connectivity index (χ0) is 11.4. The van der Waals surface area contributed by atoms with Gasteiger partial charge >= 0.3 is 0 Å². The Kier molecular flexibility index (Phi) is 3.56. The summed E-state index contributed by atoms with van der Waals surface area (Å²) in [6, 6.07) is 3.02. The van der Waals surface area contributed by atoms with Crippen LogP contribution in [-0.2, 0) is 0 Å². The van der Waals surface area contributed by atoms with Crippen molar-refractivity contribution in [1.82, 2.24) is 0 Å². The predicted octanol–water partition coefficient (Wildman–Crippen LogP) is 1.53. The number of nitrogens with one attached hydrogen (secondary N) is 1. The first-order chi connectivity index (χ1) is 7.04. The number of aliphatic hydroxyl groups excluding tert-OH is 1. The number of aliphatic hydroxyl groups is 1. The monoisotopic (exact) mass is 214 g/mol. The largest absolute Gasteiger partial charge is 0.394 e. The molecule has 0 aliphatic heterocycles. The molecule has 1 atom stereocenters. The quantitative estimate of drug-likeness (QED) is 0.588. The molecule has 2 N–H and O–H groups in total. The van der Waals surface area contributed by atoms with Gasteiger partial charge in [-0.15, -0.1) is 0 Å². The molecule has 15 heavy (non-hydrogen) atoms. The van der Waals surface area contributed by atoms with Crippen LogP contribution in [0, 0.1) is 15.9 Å². The predicted molar refractivity (Wildman–Crippen MR) is 53.2 cm³/mol. The maximum absolute atomic E-state index is 13.3. The van der Waals surface area contributed by atoms with Crippen LogP contribution < -0.4 is 5.32 Å². The Morgan fingerprint density at radius 1 is 1.67 bits per heavy atom. The molecule has 0 bridgehead atoms. The lowest BCUT2D eigenvalue weighted by atomic mass is 10.2. The number of hydrogen-bond acceptors (Lipinski definition) is 4. The zero-order valence-electron chi connectivity index (χ0n) is 8.11. The second-order valence-corrected chi connectivity index (χ2v) is 3.15. The van der Waals surface area contributed by atoms with Crippen molar-refractivity contribution >= 4 is 11.4 Å². The molecule has 82 valence electrons. The lowest BCUT2D eigenvalue weighted by Gasteiger charge is -2.12. The van der Waals surface area contributed by atoms with E-state index in [2.05, 4.69) is 5.32 Å². The molecule has 0 aromatic heterocycles. The van der Waals surface area contributed by atoms with Crippen LogP contribution >= 0.6 is 0 Å². The summed E-state index contributed by atoms with van der Waals surface area (Å²) in [4.78, 5) is 9.66. The standard InChI is InChI=1S/C9H11FN2O3/c1-6(5-13)11-9-3-2-7(12(14)15)4-8(9)10/h2-4,6,11,13H,5H2,1H3/t6-/m1/s1. The first-order valence-electron chi connectivity index (χ1n) is 4.36. The second-order valence-electron chi connectivity index (χ2n) is 3.15. The van der Waals surface area contributed by atoms with Gasteiger partial charge in [-0.05, 0) is 13.0 Å². The Balaban J connectivity index is 2.88. The minimum atomic E-state index is -0.704. The van der Waals surface area contributed by atoms with Crippen LogP contribution in [0.2, 0.25) is 0 Å². The van der Waals surface area contributed by atoms with Crippen LogP contribution in [0.5, 0.6) is 0 Å². The van der Waals surface area contributed by atoms with Gasteiger partial charge < -0.3 is 10.4 Å². The summed E-state index contributed by atoms with van der Waals surface area (Å²) in [5.41, 5.74) is -0.156. The lowest BCUT2D eigenvalue weighted by molar-refractivity contribution is -0.385. The van der Waals surface area contributed by atoms with Crippen molar-refractivity contribution < 1.29 is 14.4 Å². The number of halogens is 1. The highest BCUT2D eigenvalue weighted by Crippen LogP contribution is 2.20. The van der Waals surface area contributed by atoms with Gasteiger partial charge in [0, 0.05) is 12.1 Å². The minimum absolute atomic E-state index is 0.141. The summed E-state index contributed by atoms with van der Waals surface area (Å²) >= 11 is 0. The lowest BCUT2D eigenvalue weighted by Crippen LogP contribution is -2.19. The van der Waals surface area contributed by atoms with E-state index in [1.165, 1.54) is 12.1 Å². The summed E-state index contributed by atoms with van der Waals surface area (Å²) in [5, 5.41) is 21.7. The van der Waals surface area contributed by atoms with E-state index in [4.69, 9.17) is 5.11 Å². The number of nitro benzene ring substituents is 1. The van der Waals surface area contributed by atoms with Crippen molar-refractivity contribution in [2.24, 2.45) is 0 Å². The highest BCUT2D eigenvalue weighted by molar-refractivity contribution is 5.50. The van der Waals surface area contributed by atoms with E-state index in [1.807, 2.05) is 0 Å². The maximum Gasteiger partial charge on any atom is 0.272 e. The normalized spacial score (nSPS) is 12.2. The molecule has 0 fully saturated rings. The Bertz CT molecular complexity index is 370. The SMILES string of the molecule is C[C@H](CO)Nc1ccc([N+](=O)[O-])cc1F. The van der Waals surface area contributed by atoms with Crippen LogP contribution in [0.1, 0.15) is 6.92 Å². The van der Waals surface area contributed by atoms with Gasteiger partial charge in [0.05, 0.1) is 23.3 Å². The van der Waals surface area contributed by atoms with Gasteiger partial charge in [0.25, 0.3) is 5.69 Å². The molecule has 0 radical (unpaired) electrons. The third-order valence-corrected chi connectivity index (χ3v) is 1.84. The van der Waals surface area contributed by atoms with Gasteiger partial charge in [-0.2, -0.15) is 0 Å². The van der Waals surface area contributed by atoms with Gasteiger partial charge in [-0.25, -0.2) is 4.39 Å². The van der Waals surface area contributed by atoms with E-state index < -0.39 is 10.7 Å². The molecule has 0 amide bonds. The van der Waals surface area contributed by atoms with Crippen LogP contribution in [0.4, 0.5) is 15.8 Å². The number of hydrogen-bond donors (Lipinski definition) is 2. The third-order valence-electron chi connectivity index (χ3n) is 1.84. The fourth-order valence-electron chi connectivity index (χ4n) is 1.05. The highest BCUT2D eigenvalue weighted by Gasteiger charge is 2.11. The molecule has 5 nitrogen and oxygen atoms in total. The van der Waals surface area contributed by atoms with E-state index in [9.17, 15) is 14.5 Å². The molecule has 0 saturated heterocycles. The fourth-order valence-corrected chi connectivity index (χ4v) is 1.05. The molecule has 1 aromatic rings. The molecule has 1 aromatic carbocycles. The maximum atomic E-state index is 13.3. The number of nitrogens with zero attached hydrogens (tertiary/aromatic N) is 1. The second kappa shape index (κ2) is 4.70. The molecular formula is C9H11FN2O3. The van der Waals surface area contributed by atoms with Crippen molar-refractivity contribution in [3.8, 4) is 0 Å². The summed E-state index contributed by atoms with van der Waals surface area (Å²) in [5.74, 6) is -0.704. The van der Waals surface area contributed by atoms with Crippen molar-refractivity contribution in [3.63, 3.8) is 0 Å². The number of rotatable bonds is 4. The zero-order valence-corrected chi connectivity index (χ0v) is 8.11. The number of non-ortho nitro benzene ring substituents is 1. The molecule has 0 aliphatic carbocycles. The molecule has 0 saturated carbocycles. The third kappa shape index (κ3) is 2.88. The summed E-state index contributed by atoms with van der Waals surface area (Å²) in [7, 11) is 0. The molecular weight excluding hydrogens is 203 g/mol. The molecule has 0 aliphatic rings. The molecule has 0 unspecified atom stereocenters. The Morgan fingerprint density at radius 3 is 2.80 bits per heavy atom. The van der Waals surface area contributed by atoms with Crippen molar-refractivity contribution in [1.29, 1.82) is 0 Å². The van der Waals surface area contributed by atoms with E-state index in [0.717, 1.165) is 6.07 Å². The molecule has 6 heteroatoms. The number of nitro groups is 1. The van der Waals surface area contributed by atoms with Crippen LogP contribution in [0.15, 0.2) is 18.2 Å². The summed E-state index contributed by atoms with van der Waals surface area (Å²) in [6.07, 6.45) is 0. The molecule has 1 rings (SSSR count). The molecule has 0 spiro atoms.